The molecular weight excluding hydrogens is 260 g/mol. The lowest BCUT2D eigenvalue weighted by atomic mass is 10.1. The summed E-state index contributed by atoms with van der Waals surface area (Å²) in [4.78, 5) is 0. The van der Waals surface area contributed by atoms with Gasteiger partial charge in [0.25, 0.3) is 0 Å². The summed E-state index contributed by atoms with van der Waals surface area (Å²) in [7, 11) is -2.18. The van der Waals surface area contributed by atoms with Gasteiger partial charge in [0.15, 0.2) is 0 Å². The number of benzene rings is 1. The first kappa shape index (κ1) is 16.2. The lowest BCUT2D eigenvalue weighted by molar-refractivity contribution is 1.26. The van der Waals surface area contributed by atoms with Crippen molar-refractivity contribution in [2.75, 3.05) is 0 Å². The molecule has 1 aromatic carbocycles. The summed E-state index contributed by atoms with van der Waals surface area (Å²) >= 11 is 0. The Morgan fingerprint density at radius 2 is 1.42 bits per heavy atom. The monoisotopic (exact) mass is 288 g/mol. The molecule has 1 rings (SSSR count). The van der Waals surface area contributed by atoms with Crippen molar-refractivity contribution in [2.45, 2.75) is 45.7 Å². The van der Waals surface area contributed by atoms with E-state index in [4.69, 9.17) is 0 Å². The number of rotatable bonds is 5. The molecule has 104 valence electrons. The Kier molecular flexibility index (Phi) is 5.56. The fraction of sp³-hybridized carbons (Fsp3) is 0.412. The van der Waals surface area contributed by atoms with E-state index in [0.29, 0.717) is 0 Å². The molecule has 0 amide bonds. The normalized spacial score (nSPS) is 13.6. The molecule has 1 aromatic rings. The van der Waals surface area contributed by atoms with Crippen LogP contribution in [0.2, 0.25) is 39.3 Å². The molecule has 0 fully saturated rings. The van der Waals surface area contributed by atoms with E-state index in [2.05, 4.69) is 87.1 Å². The summed E-state index contributed by atoms with van der Waals surface area (Å²) in [5.74, 6) is 0. The zero-order chi connectivity index (χ0) is 14.5. The van der Waals surface area contributed by atoms with Crippen LogP contribution >= 0.6 is 0 Å². The van der Waals surface area contributed by atoms with Crippen molar-refractivity contribution in [1.82, 2.24) is 0 Å². The zero-order valence-electron chi connectivity index (χ0n) is 13.3. The zero-order valence-corrected chi connectivity index (χ0v) is 15.3. The van der Waals surface area contributed by atoms with Crippen molar-refractivity contribution in [3.05, 3.63) is 52.9 Å². The van der Waals surface area contributed by atoms with Gasteiger partial charge in [-0.2, -0.15) is 0 Å². The van der Waals surface area contributed by atoms with Gasteiger partial charge in [0.05, 0.1) is 16.1 Å². The molecule has 2 heteroatoms. The molecule has 0 radical (unpaired) electrons. The Labute approximate surface area is 121 Å². The molecule has 0 aliphatic rings. The minimum Gasteiger partial charge on any atom is -0.0986 e. The molecule has 19 heavy (non-hydrogen) atoms. The average Bonchev–Trinajstić information content (AvgIpc) is 2.25. The van der Waals surface area contributed by atoms with Crippen LogP contribution in [0.5, 0.6) is 0 Å². The molecule has 0 saturated heterocycles. The maximum Gasteiger partial charge on any atom is 0.0687 e. The lowest BCUT2D eigenvalue weighted by Gasteiger charge is -2.11. The number of hydrogen-bond donors (Lipinski definition) is 0. The fourth-order valence-corrected chi connectivity index (χ4v) is 3.27. The van der Waals surface area contributed by atoms with Crippen molar-refractivity contribution in [3.63, 3.8) is 0 Å². The van der Waals surface area contributed by atoms with Crippen LogP contribution in [0.15, 0.2) is 41.7 Å². The van der Waals surface area contributed by atoms with E-state index in [0.717, 1.165) is 6.42 Å². The topological polar surface area (TPSA) is 0 Å². The van der Waals surface area contributed by atoms with Crippen molar-refractivity contribution >= 4 is 22.2 Å². The van der Waals surface area contributed by atoms with Crippen molar-refractivity contribution in [3.8, 4) is 0 Å². The third-order valence-corrected chi connectivity index (χ3v) is 5.18. The SMILES string of the molecule is C[Si](C)(C)/C=C/Cc1ccccc1/C=C/[Si](C)(C)C. The van der Waals surface area contributed by atoms with Crippen LogP contribution in [0.1, 0.15) is 11.1 Å². The summed E-state index contributed by atoms with van der Waals surface area (Å²) in [5, 5.41) is 0. The van der Waals surface area contributed by atoms with Crippen LogP contribution in [0.4, 0.5) is 0 Å². The Morgan fingerprint density at radius 3 is 2.00 bits per heavy atom. The summed E-state index contributed by atoms with van der Waals surface area (Å²) < 4.78 is 0. The van der Waals surface area contributed by atoms with Crippen LogP contribution in [0, 0.1) is 0 Å². The highest BCUT2D eigenvalue weighted by Gasteiger charge is 2.08. The predicted molar refractivity (Wildman–Crippen MR) is 95.0 cm³/mol. The quantitative estimate of drug-likeness (QED) is 0.623. The van der Waals surface area contributed by atoms with Gasteiger partial charge in [0.1, 0.15) is 0 Å². The second-order valence-corrected chi connectivity index (χ2v) is 17.5. The smallest absolute Gasteiger partial charge is 0.0687 e. The fourth-order valence-electron chi connectivity index (χ4n) is 1.76. The Balaban J connectivity index is 2.85. The van der Waals surface area contributed by atoms with E-state index in [1.165, 1.54) is 11.1 Å². The molecule has 0 spiro atoms. The van der Waals surface area contributed by atoms with E-state index < -0.39 is 16.1 Å². The van der Waals surface area contributed by atoms with Gasteiger partial charge in [-0.25, -0.2) is 0 Å². The Bertz CT molecular complexity index is 457. The van der Waals surface area contributed by atoms with Crippen LogP contribution in [0.25, 0.3) is 6.08 Å². The number of hydrogen-bond acceptors (Lipinski definition) is 0. The van der Waals surface area contributed by atoms with Crippen molar-refractivity contribution in [2.24, 2.45) is 0 Å². The highest BCUT2D eigenvalue weighted by Crippen LogP contribution is 2.15. The van der Waals surface area contributed by atoms with Gasteiger partial charge in [-0.15, -0.1) is 0 Å². The lowest BCUT2D eigenvalue weighted by Crippen LogP contribution is -2.15. The molecule has 0 bridgehead atoms. The van der Waals surface area contributed by atoms with E-state index in [9.17, 15) is 0 Å². The standard InChI is InChI=1S/C17H28Si2/c1-18(2,3)14-9-12-16-10-7-8-11-17(16)13-15-19(4,5)6/h7-11,13-15H,12H2,1-6H3/b14-9+,15-13+. The maximum atomic E-state index is 2.44. The molecule has 0 aromatic heterocycles. The molecule has 0 heterocycles. The van der Waals surface area contributed by atoms with Crippen LogP contribution in [0.3, 0.4) is 0 Å². The van der Waals surface area contributed by atoms with Crippen LogP contribution < -0.4 is 0 Å². The molecule has 0 saturated carbocycles. The van der Waals surface area contributed by atoms with Gasteiger partial charge in [0.2, 0.25) is 0 Å². The van der Waals surface area contributed by atoms with Gasteiger partial charge < -0.3 is 0 Å². The third-order valence-electron chi connectivity index (χ3n) is 2.77. The molecule has 0 unspecified atom stereocenters. The third kappa shape index (κ3) is 7.33. The largest absolute Gasteiger partial charge is 0.0986 e. The molecule has 0 aliphatic carbocycles. The summed E-state index contributed by atoms with van der Waals surface area (Å²) in [6, 6.07) is 8.76. The van der Waals surface area contributed by atoms with Crippen molar-refractivity contribution in [1.29, 1.82) is 0 Å². The first-order chi connectivity index (χ1) is 8.67. The molecule has 0 aliphatic heterocycles. The van der Waals surface area contributed by atoms with Crippen LogP contribution in [-0.4, -0.2) is 16.1 Å². The summed E-state index contributed by atoms with van der Waals surface area (Å²) in [6.45, 7) is 14.2. The molecular formula is C17H28Si2. The highest BCUT2D eigenvalue weighted by molar-refractivity contribution is 6.81. The predicted octanol–water partition coefficient (Wildman–Crippen LogP) is 5.55. The summed E-state index contributed by atoms with van der Waals surface area (Å²) in [6.07, 6.45) is 5.73. The second-order valence-electron chi connectivity index (χ2n) is 7.37. The van der Waals surface area contributed by atoms with Crippen molar-refractivity contribution < 1.29 is 0 Å². The molecule has 0 atom stereocenters. The van der Waals surface area contributed by atoms with E-state index in [1.807, 2.05) is 0 Å². The van der Waals surface area contributed by atoms with Gasteiger partial charge in [0, 0.05) is 0 Å². The van der Waals surface area contributed by atoms with Gasteiger partial charge in [-0.1, -0.05) is 87.1 Å². The minimum absolute atomic E-state index is 1.05. The Hall–Kier alpha value is -0.866. The van der Waals surface area contributed by atoms with Crippen LogP contribution in [-0.2, 0) is 6.42 Å². The molecule has 0 N–H and O–H groups in total. The van der Waals surface area contributed by atoms with Gasteiger partial charge >= 0.3 is 0 Å². The maximum absolute atomic E-state index is 2.44. The Morgan fingerprint density at radius 1 is 0.842 bits per heavy atom. The van der Waals surface area contributed by atoms with E-state index in [1.54, 1.807) is 0 Å². The summed E-state index contributed by atoms with van der Waals surface area (Å²) in [5.41, 5.74) is 7.68. The van der Waals surface area contributed by atoms with E-state index >= 15 is 0 Å². The van der Waals surface area contributed by atoms with E-state index in [-0.39, 0.29) is 0 Å². The highest BCUT2D eigenvalue weighted by atomic mass is 28.3. The first-order valence-electron chi connectivity index (χ1n) is 7.12. The average molecular weight is 289 g/mol. The minimum atomic E-state index is -1.12. The second kappa shape index (κ2) is 6.53. The van der Waals surface area contributed by atoms with Gasteiger partial charge in [-0.05, 0) is 17.5 Å². The molecule has 0 nitrogen and oxygen atoms in total. The number of allylic oxidation sites excluding steroid dienone is 1. The first-order valence-corrected chi connectivity index (χ1v) is 14.3. The van der Waals surface area contributed by atoms with Gasteiger partial charge in [-0.3, -0.25) is 0 Å².